The maximum atomic E-state index is 12.8. The number of hydrogen-bond donors (Lipinski definition) is 1. The van der Waals surface area contributed by atoms with Gasteiger partial charge in [0.2, 0.25) is 5.91 Å². The van der Waals surface area contributed by atoms with Crippen molar-refractivity contribution < 1.29 is 19.1 Å². The first kappa shape index (κ1) is 18.3. The number of carbonyl (C=O) groups is 2. The molecule has 2 amide bonds. The van der Waals surface area contributed by atoms with Crippen LogP contribution in [0.1, 0.15) is 48.9 Å². The van der Waals surface area contributed by atoms with Gasteiger partial charge < -0.3 is 19.7 Å². The molecule has 1 N–H and O–H groups in total. The molecule has 3 aliphatic rings. The zero-order valence-corrected chi connectivity index (χ0v) is 16.6. The Hall–Kier alpha value is -2.73. The summed E-state index contributed by atoms with van der Waals surface area (Å²) in [5, 5.41) is 3.35. The van der Waals surface area contributed by atoms with E-state index in [-0.39, 0.29) is 11.8 Å². The SMILES string of the molecule is O=C(Nc1ccc2c(c1)OC1(CCCC1)O2)c1ccc(Cl)c(N2CCCC2=O)c1. The summed E-state index contributed by atoms with van der Waals surface area (Å²) in [5.41, 5.74) is 1.64. The first-order chi connectivity index (χ1) is 14.0. The molecule has 29 heavy (non-hydrogen) atoms. The molecule has 1 spiro atoms. The van der Waals surface area contributed by atoms with E-state index in [1.54, 1.807) is 35.2 Å². The van der Waals surface area contributed by atoms with Crippen molar-refractivity contribution >= 4 is 34.8 Å². The van der Waals surface area contributed by atoms with Crippen LogP contribution in [0, 0.1) is 0 Å². The van der Waals surface area contributed by atoms with Crippen LogP contribution < -0.4 is 19.7 Å². The predicted octanol–water partition coefficient (Wildman–Crippen LogP) is 4.76. The predicted molar refractivity (Wildman–Crippen MR) is 110 cm³/mol. The standard InChI is InChI=1S/C22H21ClN2O4/c23-16-7-5-14(12-17(16)25-11-3-4-20(25)26)21(27)24-15-6-8-18-19(13-15)29-22(28-18)9-1-2-10-22/h5-8,12-13H,1-4,9-11H2,(H,24,27). The third-order valence-electron chi connectivity index (χ3n) is 5.73. The number of anilines is 2. The second-order valence-electron chi connectivity index (χ2n) is 7.75. The monoisotopic (exact) mass is 412 g/mol. The zero-order valence-electron chi connectivity index (χ0n) is 15.9. The molecule has 1 saturated carbocycles. The molecule has 2 heterocycles. The molecule has 2 fully saturated rings. The number of fused-ring (bicyclic) bond motifs is 1. The van der Waals surface area contributed by atoms with Gasteiger partial charge in [-0.3, -0.25) is 9.59 Å². The summed E-state index contributed by atoms with van der Waals surface area (Å²) < 4.78 is 12.1. The Morgan fingerprint density at radius 2 is 1.83 bits per heavy atom. The van der Waals surface area contributed by atoms with Crippen LogP contribution >= 0.6 is 11.6 Å². The Bertz CT molecular complexity index is 1000. The molecular weight excluding hydrogens is 392 g/mol. The molecule has 150 valence electrons. The Morgan fingerprint density at radius 3 is 2.59 bits per heavy atom. The van der Waals surface area contributed by atoms with E-state index in [1.165, 1.54) is 0 Å². The van der Waals surface area contributed by atoms with Crippen LogP contribution in [0.4, 0.5) is 11.4 Å². The Balaban J connectivity index is 1.35. The van der Waals surface area contributed by atoms with Crippen molar-refractivity contribution in [2.75, 3.05) is 16.8 Å². The molecule has 2 aromatic rings. The minimum absolute atomic E-state index is 0.0288. The Kier molecular flexibility index (Phi) is 4.39. The maximum Gasteiger partial charge on any atom is 0.255 e. The summed E-state index contributed by atoms with van der Waals surface area (Å²) >= 11 is 6.27. The molecule has 5 rings (SSSR count). The number of nitrogens with one attached hydrogen (secondary N) is 1. The summed E-state index contributed by atoms with van der Waals surface area (Å²) in [6.45, 7) is 0.619. The van der Waals surface area contributed by atoms with E-state index < -0.39 is 5.79 Å². The minimum Gasteiger partial charge on any atom is -0.448 e. The Labute approximate surface area is 173 Å². The number of halogens is 1. The topological polar surface area (TPSA) is 67.9 Å². The van der Waals surface area contributed by atoms with Crippen molar-refractivity contribution in [1.29, 1.82) is 0 Å². The van der Waals surface area contributed by atoms with Crippen LogP contribution in [0.5, 0.6) is 11.5 Å². The highest BCUT2D eigenvalue weighted by Gasteiger charge is 2.44. The van der Waals surface area contributed by atoms with E-state index in [0.717, 1.165) is 32.1 Å². The molecule has 0 aromatic heterocycles. The van der Waals surface area contributed by atoms with Gasteiger partial charge in [-0.1, -0.05) is 11.6 Å². The number of rotatable bonds is 3. The van der Waals surface area contributed by atoms with Gasteiger partial charge in [0.25, 0.3) is 11.7 Å². The summed E-state index contributed by atoms with van der Waals surface area (Å²) in [5.74, 6) is 0.596. The number of amides is 2. The number of nitrogens with zero attached hydrogens (tertiary/aromatic N) is 1. The van der Waals surface area contributed by atoms with Crippen molar-refractivity contribution in [2.45, 2.75) is 44.3 Å². The van der Waals surface area contributed by atoms with Crippen LogP contribution in [-0.2, 0) is 4.79 Å². The quantitative estimate of drug-likeness (QED) is 0.789. The molecule has 0 radical (unpaired) electrons. The molecule has 6 nitrogen and oxygen atoms in total. The molecule has 0 unspecified atom stereocenters. The largest absolute Gasteiger partial charge is 0.448 e. The smallest absolute Gasteiger partial charge is 0.255 e. The van der Waals surface area contributed by atoms with Crippen LogP contribution in [-0.4, -0.2) is 24.1 Å². The van der Waals surface area contributed by atoms with Gasteiger partial charge in [0, 0.05) is 43.1 Å². The fourth-order valence-corrected chi connectivity index (χ4v) is 4.48. The summed E-state index contributed by atoms with van der Waals surface area (Å²) in [7, 11) is 0. The average Bonchev–Trinajstić information content (AvgIpc) is 3.42. The Morgan fingerprint density at radius 1 is 1.03 bits per heavy atom. The van der Waals surface area contributed by atoms with E-state index in [2.05, 4.69) is 5.32 Å². The molecule has 7 heteroatoms. The van der Waals surface area contributed by atoms with Crippen molar-refractivity contribution in [3.8, 4) is 11.5 Å². The van der Waals surface area contributed by atoms with Gasteiger partial charge in [0.05, 0.1) is 10.7 Å². The summed E-state index contributed by atoms with van der Waals surface area (Å²) in [6.07, 6.45) is 5.25. The second kappa shape index (κ2) is 6.95. The highest BCUT2D eigenvalue weighted by Crippen LogP contribution is 2.47. The van der Waals surface area contributed by atoms with E-state index in [0.29, 0.717) is 46.4 Å². The highest BCUT2D eigenvalue weighted by molar-refractivity contribution is 6.34. The third-order valence-corrected chi connectivity index (χ3v) is 6.05. The van der Waals surface area contributed by atoms with Gasteiger partial charge in [-0.2, -0.15) is 0 Å². The van der Waals surface area contributed by atoms with E-state index in [9.17, 15) is 9.59 Å². The summed E-state index contributed by atoms with van der Waals surface area (Å²) in [4.78, 5) is 26.5. The fourth-order valence-electron chi connectivity index (χ4n) is 4.26. The molecule has 1 aliphatic carbocycles. The van der Waals surface area contributed by atoms with Gasteiger partial charge in [0.1, 0.15) is 0 Å². The average molecular weight is 413 g/mol. The molecule has 0 bridgehead atoms. The lowest BCUT2D eigenvalue weighted by atomic mass is 10.1. The lowest BCUT2D eigenvalue weighted by Gasteiger charge is -2.21. The van der Waals surface area contributed by atoms with Crippen LogP contribution in [0.3, 0.4) is 0 Å². The molecule has 1 saturated heterocycles. The first-order valence-electron chi connectivity index (χ1n) is 9.96. The molecular formula is C22H21ClN2O4. The lowest BCUT2D eigenvalue weighted by molar-refractivity contribution is -0.117. The molecule has 2 aliphatic heterocycles. The number of carbonyl (C=O) groups excluding carboxylic acids is 2. The maximum absolute atomic E-state index is 12.8. The lowest BCUT2D eigenvalue weighted by Crippen LogP contribution is -2.34. The van der Waals surface area contributed by atoms with Crippen LogP contribution in [0.25, 0.3) is 0 Å². The number of hydrogen-bond acceptors (Lipinski definition) is 4. The fraction of sp³-hybridized carbons (Fsp3) is 0.364. The van der Waals surface area contributed by atoms with Crippen molar-refractivity contribution in [1.82, 2.24) is 0 Å². The zero-order chi connectivity index (χ0) is 20.0. The first-order valence-corrected chi connectivity index (χ1v) is 10.3. The normalized spacial score (nSPS) is 19.2. The third kappa shape index (κ3) is 3.31. The van der Waals surface area contributed by atoms with Crippen LogP contribution in [0.2, 0.25) is 5.02 Å². The minimum atomic E-state index is -0.529. The summed E-state index contributed by atoms with van der Waals surface area (Å²) in [6, 6.07) is 10.4. The molecule has 2 aromatic carbocycles. The number of ether oxygens (including phenoxy) is 2. The highest BCUT2D eigenvalue weighted by atomic mass is 35.5. The van der Waals surface area contributed by atoms with Gasteiger partial charge in [0.15, 0.2) is 11.5 Å². The van der Waals surface area contributed by atoms with E-state index >= 15 is 0 Å². The van der Waals surface area contributed by atoms with Gasteiger partial charge in [-0.25, -0.2) is 0 Å². The van der Waals surface area contributed by atoms with E-state index in [4.69, 9.17) is 21.1 Å². The van der Waals surface area contributed by atoms with Crippen molar-refractivity contribution in [3.05, 3.63) is 47.0 Å². The van der Waals surface area contributed by atoms with E-state index in [1.807, 2.05) is 6.07 Å². The number of benzene rings is 2. The molecule has 0 atom stereocenters. The van der Waals surface area contributed by atoms with Crippen molar-refractivity contribution in [3.63, 3.8) is 0 Å². The van der Waals surface area contributed by atoms with Gasteiger partial charge in [-0.15, -0.1) is 0 Å². The van der Waals surface area contributed by atoms with Gasteiger partial charge >= 0.3 is 0 Å². The van der Waals surface area contributed by atoms with Gasteiger partial charge in [-0.05, 0) is 49.6 Å². The van der Waals surface area contributed by atoms with Crippen LogP contribution in [0.15, 0.2) is 36.4 Å². The van der Waals surface area contributed by atoms with Crippen molar-refractivity contribution in [2.24, 2.45) is 0 Å². The second-order valence-corrected chi connectivity index (χ2v) is 8.16.